The molecule has 0 bridgehead atoms. The Bertz CT molecular complexity index is 2210. The molecule has 0 aliphatic heterocycles. The molecule has 8 aromatic rings. The van der Waals surface area contributed by atoms with Crippen molar-refractivity contribution >= 4 is 24.3 Å². The van der Waals surface area contributed by atoms with Crippen molar-refractivity contribution in [3.63, 3.8) is 0 Å². The van der Waals surface area contributed by atoms with Gasteiger partial charge in [-0.05, 0) is 70.4 Å². The predicted octanol–water partition coefficient (Wildman–Crippen LogP) is 9.50. The number of halogens is 1. The highest BCUT2D eigenvalue weighted by atomic mass is 79.9. The summed E-state index contributed by atoms with van der Waals surface area (Å²) < 4.78 is 10.1. The van der Waals surface area contributed by atoms with E-state index in [0.29, 0.717) is 13.1 Å². The molecule has 0 amide bonds. The van der Waals surface area contributed by atoms with Crippen LogP contribution >= 0.6 is 15.9 Å². The topological polar surface area (TPSA) is 87.2 Å². The first-order valence-electron chi connectivity index (χ1n) is 17.2. The van der Waals surface area contributed by atoms with Crippen molar-refractivity contribution in [2.75, 3.05) is 0 Å². The molecule has 0 aliphatic rings. The first kappa shape index (κ1) is 38.2. The van der Waals surface area contributed by atoms with E-state index in [1.54, 1.807) is 0 Å². The summed E-state index contributed by atoms with van der Waals surface area (Å²) in [6.07, 6.45) is 0. The molecule has 0 aliphatic carbocycles. The standard InChI is InChI=1S/C21H18N4.C14H12N4.C7H7Br.CH4.BH/c1-16-11-13-18(14-12-16)19-9-5-6-10-20(19)21-22-23-24-25(21)15-17-7-3-2-4-8-17;1-3-7-12(8-4-1)11-18-14(15-16-17-18)13-9-5-2-6-10-13;1-6-2-4-7(8)5-3-6;;/h2-14H,15H2,1H3;1-10H,11H2;2-5H,1H3;1H4;1H/i;;;;1T. The maximum atomic E-state index is 5.25. The zero-order valence-corrected chi connectivity index (χ0v) is 30.6. The highest BCUT2D eigenvalue weighted by molar-refractivity contribution is 9.10. The second-order valence-corrected chi connectivity index (χ2v) is 12.8. The third-order valence-corrected chi connectivity index (χ3v) is 8.52. The van der Waals surface area contributed by atoms with Gasteiger partial charge in [0.25, 0.3) is 0 Å². The molecule has 0 saturated heterocycles. The monoisotopic (exact) mass is 762 g/mol. The van der Waals surface area contributed by atoms with Crippen LogP contribution in [0.15, 0.2) is 168 Å². The molecule has 6 aromatic carbocycles. The van der Waals surface area contributed by atoms with Gasteiger partial charge in [-0.2, -0.15) is 0 Å². The van der Waals surface area contributed by atoms with Crippen molar-refractivity contribution in [1.29, 1.82) is 1.34 Å². The molecule has 0 N–H and O–H groups in total. The molecular weight excluding hydrogens is 719 g/mol. The SMILES string of the molecule is C.Cc1ccc(-c2ccccc2-c2nnnn2Cc2ccccc2)cc1.Cc1ccc(Br)cc1.[3H][B].c1ccc(Cn2nnnc2-c2ccccc2)cc1. The van der Waals surface area contributed by atoms with Gasteiger partial charge >= 0.3 is 0 Å². The Balaban J connectivity index is 0.000000195. The number of hydrogen-bond acceptors (Lipinski definition) is 6. The normalized spacial score (nSPS) is 10.1. The lowest BCUT2D eigenvalue weighted by Gasteiger charge is -2.10. The van der Waals surface area contributed by atoms with E-state index in [9.17, 15) is 0 Å². The van der Waals surface area contributed by atoms with Crippen molar-refractivity contribution < 1.29 is 0 Å². The van der Waals surface area contributed by atoms with E-state index in [-0.39, 0.29) is 7.43 Å². The fourth-order valence-electron chi connectivity index (χ4n) is 5.32. The van der Waals surface area contributed by atoms with Crippen molar-refractivity contribution in [1.82, 2.24) is 40.4 Å². The van der Waals surface area contributed by atoms with E-state index in [4.69, 9.17) is 1.34 Å². The molecule has 10 heteroatoms. The van der Waals surface area contributed by atoms with Gasteiger partial charge < -0.3 is 0 Å². The van der Waals surface area contributed by atoms with Crippen LogP contribution in [-0.2, 0) is 13.1 Å². The lowest BCUT2D eigenvalue weighted by Crippen LogP contribution is -2.04. The summed E-state index contributed by atoms with van der Waals surface area (Å²) >= 11 is 3.35. The van der Waals surface area contributed by atoms with Crippen LogP contribution in [0.25, 0.3) is 33.9 Å². The fraction of sp³-hybridized carbons (Fsp3) is 0.116. The fourth-order valence-corrected chi connectivity index (χ4v) is 5.58. The van der Waals surface area contributed by atoms with Crippen LogP contribution < -0.4 is 0 Å². The van der Waals surface area contributed by atoms with Crippen molar-refractivity contribution in [2.45, 2.75) is 34.4 Å². The Morgan fingerprint density at radius 1 is 0.491 bits per heavy atom. The van der Waals surface area contributed by atoms with Crippen LogP contribution in [0.3, 0.4) is 0 Å². The number of hydrogen-bond donors (Lipinski definition) is 0. The van der Waals surface area contributed by atoms with Crippen LogP contribution in [0.5, 0.6) is 0 Å². The summed E-state index contributed by atoms with van der Waals surface area (Å²) in [5, 5.41) is 24.3. The Morgan fingerprint density at radius 2 is 0.906 bits per heavy atom. The molecule has 8 rings (SSSR count). The Labute approximate surface area is 323 Å². The lowest BCUT2D eigenvalue weighted by atomic mass is 9.98. The molecule has 0 unspecified atom stereocenters. The minimum Gasteiger partial charge on any atom is -0.221 e. The molecule has 0 spiro atoms. The van der Waals surface area contributed by atoms with Crippen LogP contribution in [0.2, 0.25) is 0 Å². The van der Waals surface area contributed by atoms with E-state index in [2.05, 4.69) is 142 Å². The summed E-state index contributed by atoms with van der Waals surface area (Å²) in [4.78, 5) is 0. The Hall–Kier alpha value is -6.00. The largest absolute Gasteiger partial charge is 0.221 e. The smallest absolute Gasteiger partial charge is 0.182 e. The molecular formula is C43H42BBrN8. The van der Waals surface area contributed by atoms with Crippen molar-refractivity contribution in [2.24, 2.45) is 0 Å². The minimum absolute atomic E-state index is 0. The van der Waals surface area contributed by atoms with Gasteiger partial charge in [0.05, 0.1) is 13.1 Å². The molecule has 8 nitrogen and oxygen atoms in total. The molecule has 53 heavy (non-hydrogen) atoms. The number of benzene rings is 6. The number of rotatable bonds is 7. The van der Waals surface area contributed by atoms with Gasteiger partial charge in [0.2, 0.25) is 0 Å². The van der Waals surface area contributed by atoms with Gasteiger partial charge in [-0.3, -0.25) is 0 Å². The molecule has 0 fully saturated rings. The summed E-state index contributed by atoms with van der Waals surface area (Å²) in [6, 6.07) is 55.4. The zero-order valence-electron chi connectivity index (χ0n) is 30.0. The first-order valence-corrected chi connectivity index (χ1v) is 17.4. The Kier molecular flexibility index (Phi) is 14.5. The van der Waals surface area contributed by atoms with E-state index in [1.165, 1.54) is 22.3 Å². The van der Waals surface area contributed by atoms with Gasteiger partial charge in [-0.1, -0.05) is 186 Å². The highest BCUT2D eigenvalue weighted by Crippen LogP contribution is 2.31. The summed E-state index contributed by atoms with van der Waals surface area (Å²) in [7, 11) is 3.75. The van der Waals surface area contributed by atoms with Gasteiger partial charge in [0.15, 0.2) is 11.6 Å². The maximum Gasteiger partial charge on any atom is 0.182 e. The predicted molar refractivity (Wildman–Crippen MR) is 221 cm³/mol. The van der Waals surface area contributed by atoms with E-state index >= 15 is 0 Å². The summed E-state index contributed by atoms with van der Waals surface area (Å²) in [6.45, 7) is 5.49. The quantitative estimate of drug-likeness (QED) is 0.150. The number of tetrazole rings is 2. The molecule has 0 saturated carbocycles. The highest BCUT2D eigenvalue weighted by Gasteiger charge is 2.14. The average Bonchev–Trinajstić information content (AvgIpc) is 3.88. The maximum absolute atomic E-state index is 5.25. The van der Waals surface area contributed by atoms with Gasteiger partial charge in [-0.15, -0.1) is 10.2 Å². The third-order valence-electron chi connectivity index (χ3n) is 7.99. The summed E-state index contributed by atoms with van der Waals surface area (Å²) in [5.74, 6) is 1.57. The van der Waals surface area contributed by atoms with E-state index < -0.39 is 0 Å². The molecule has 2 heterocycles. The van der Waals surface area contributed by atoms with Crippen LogP contribution in [0.4, 0.5) is 0 Å². The van der Waals surface area contributed by atoms with Crippen LogP contribution in [0.1, 0.15) is 29.7 Å². The van der Waals surface area contributed by atoms with Crippen LogP contribution in [-0.4, -0.2) is 50.1 Å². The summed E-state index contributed by atoms with van der Waals surface area (Å²) in [5.41, 5.74) is 9.25. The van der Waals surface area contributed by atoms with E-state index in [1.807, 2.05) is 100 Å². The lowest BCUT2D eigenvalue weighted by molar-refractivity contribution is 0.653. The molecule has 264 valence electrons. The van der Waals surface area contributed by atoms with Gasteiger partial charge in [0, 0.05) is 24.0 Å². The second-order valence-electron chi connectivity index (χ2n) is 11.9. The third kappa shape index (κ3) is 11.2. The van der Waals surface area contributed by atoms with Crippen molar-refractivity contribution in [3.05, 3.63) is 191 Å². The first-order chi connectivity index (χ1) is 26.0. The van der Waals surface area contributed by atoms with Gasteiger partial charge in [-0.25, -0.2) is 9.36 Å². The van der Waals surface area contributed by atoms with Gasteiger partial charge in [0.1, 0.15) is 0 Å². The number of aromatic nitrogens is 8. The minimum atomic E-state index is 0. The molecule has 0 atom stereocenters. The number of aryl methyl sites for hydroxylation is 2. The average molecular weight is 764 g/mol. The van der Waals surface area contributed by atoms with E-state index in [0.717, 1.165) is 38.4 Å². The molecule has 2 radical (unpaired) electrons. The van der Waals surface area contributed by atoms with Crippen LogP contribution in [0, 0.1) is 13.8 Å². The second kappa shape index (κ2) is 20.1. The van der Waals surface area contributed by atoms with Crippen molar-refractivity contribution in [3.8, 4) is 33.9 Å². The zero-order chi connectivity index (χ0) is 37.3. The number of nitrogens with zero attached hydrogens (tertiary/aromatic N) is 8. The molecule has 2 aromatic heterocycles. The Morgan fingerprint density at radius 3 is 1.42 bits per heavy atom.